The minimum atomic E-state index is -5.27. The van der Waals surface area contributed by atoms with Crippen LogP contribution >= 0.6 is 24.0 Å². The van der Waals surface area contributed by atoms with Crippen molar-refractivity contribution in [1.82, 2.24) is 14.9 Å². The van der Waals surface area contributed by atoms with E-state index in [0.717, 1.165) is 5.56 Å². The van der Waals surface area contributed by atoms with Gasteiger partial charge in [-0.3, -0.25) is 0 Å². The Morgan fingerprint density at radius 1 is 1.28 bits per heavy atom. The minimum Gasteiger partial charge on any atom is -0.496 e. The predicted molar refractivity (Wildman–Crippen MR) is 116 cm³/mol. The van der Waals surface area contributed by atoms with E-state index >= 15 is 0 Å². The number of alkyl halides is 3. The lowest BCUT2D eigenvalue weighted by atomic mass is 10.1. The van der Waals surface area contributed by atoms with Gasteiger partial charge in [-0.2, -0.15) is 17.5 Å². The average Bonchev–Trinajstić information content (AvgIpc) is 2.66. The van der Waals surface area contributed by atoms with Gasteiger partial charge in [0, 0.05) is 31.2 Å². The molecule has 1 aromatic carbocycles. The molecule has 0 unspecified atom stereocenters. The van der Waals surface area contributed by atoms with Gasteiger partial charge in [-0.25, -0.2) is 13.4 Å². The van der Waals surface area contributed by atoms with Crippen molar-refractivity contribution >= 4 is 40.0 Å². The Kier molecular flexibility index (Phi) is 9.95. The van der Waals surface area contributed by atoms with Crippen molar-refractivity contribution < 1.29 is 26.3 Å². The van der Waals surface area contributed by atoms with Crippen LogP contribution in [-0.4, -0.2) is 57.0 Å². The molecule has 29 heavy (non-hydrogen) atoms. The molecular formula is C17H26F3IN4O3S. The number of nitrogens with one attached hydrogen (secondary N) is 2. The maximum atomic E-state index is 12.7. The summed E-state index contributed by atoms with van der Waals surface area (Å²) in [6.07, 6.45) is 0.517. The van der Waals surface area contributed by atoms with Crippen molar-refractivity contribution in [3.05, 3.63) is 29.8 Å². The van der Waals surface area contributed by atoms with Crippen molar-refractivity contribution in [3.63, 3.8) is 0 Å². The molecule has 1 saturated heterocycles. The highest BCUT2D eigenvalue weighted by Crippen LogP contribution is 2.29. The number of hydrogen-bond acceptors (Lipinski definition) is 4. The molecular weight excluding hydrogens is 524 g/mol. The third kappa shape index (κ3) is 6.88. The zero-order chi connectivity index (χ0) is 20.8. The van der Waals surface area contributed by atoms with E-state index < -0.39 is 15.5 Å². The van der Waals surface area contributed by atoms with Crippen LogP contribution in [0.25, 0.3) is 0 Å². The molecule has 0 bridgehead atoms. The lowest BCUT2D eigenvalue weighted by Gasteiger charge is -2.32. The first-order chi connectivity index (χ1) is 13.2. The second-order valence-corrected chi connectivity index (χ2v) is 8.20. The molecule has 1 fully saturated rings. The van der Waals surface area contributed by atoms with Gasteiger partial charge in [-0.15, -0.1) is 24.0 Å². The van der Waals surface area contributed by atoms with Crippen molar-refractivity contribution in [3.8, 4) is 5.75 Å². The Hall–Kier alpha value is -1.28. The van der Waals surface area contributed by atoms with E-state index in [-0.39, 0.29) is 55.9 Å². The number of nitrogens with zero attached hydrogens (tertiary/aromatic N) is 2. The average molecular weight is 550 g/mol. The molecule has 0 aromatic heterocycles. The molecule has 0 saturated carbocycles. The fourth-order valence-corrected chi connectivity index (χ4v) is 3.88. The molecule has 1 aliphatic rings. The fourth-order valence-electron chi connectivity index (χ4n) is 2.90. The van der Waals surface area contributed by atoms with E-state index in [2.05, 4.69) is 15.6 Å². The summed E-state index contributed by atoms with van der Waals surface area (Å²) in [4.78, 5) is 4.50. The predicted octanol–water partition coefficient (Wildman–Crippen LogP) is 2.68. The molecule has 0 amide bonds. The zero-order valence-corrected chi connectivity index (χ0v) is 19.3. The largest absolute Gasteiger partial charge is 0.511 e. The summed E-state index contributed by atoms with van der Waals surface area (Å²) in [6.45, 7) is 2.50. The monoisotopic (exact) mass is 550 g/mol. The molecule has 0 radical (unpaired) electrons. The third-order valence-corrected chi connectivity index (χ3v) is 6.00. The van der Waals surface area contributed by atoms with E-state index in [1.54, 1.807) is 7.11 Å². The number of methoxy groups -OCH3 is 1. The molecule has 7 nitrogen and oxygen atoms in total. The molecule has 166 valence electrons. The van der Waals surface area contributed by atoms with E-state index in [0.29, 0.717) is 29.1 Å². The molecule has 2 rings (SSSR count). The first-order valence-corrected chi connectivity index (χ1v) is 10.4. The number of halogens is 4. The molecule has 0 spiro atoms. The lowest BCUT2D eigenvalue weighted by Crippen LogP contribution is -2.51. The van der Waals surface area contributed by atoms with Crippen LogP contribution in [0, 0.1) is 0 Å². The second-order valence-electron chi connectivity index (χ2n) is 6.28. The van der Waals surface area contributed by atoms with Crippen LogP contribution < -0.4 is 15.4 Å². The number of aliphatic imine (C=N–C) groups is 1. The summed E-state index contributed by atoms with van der Waals surface area (Å²) >= 11 is 0. The van der Waals surface area contributed by atoms with E-state index in [1.165, 1.54) is 0 Å². The van der Waals surface area contributed by atoms with Crippen molar-refractivity contribution in [2.75, 3.05) is 26.7 Å². The van der Waals surface area contributed by atoms with Crippen molar-refractivity contribution in [2.24, 2.45) is 4.99 Å². The van der Waals surface area contributed by atoms with Crippen LogP contribution in [0.15, 0.2) is 29.3 Å². The fraction of sp³-hybridized carbons (Fsp3) is 0.588. The molecule has 0 aliphatic carbocycles. The van der Waals surface area contributed by atoms with Gasteiger partial charge in [-0.05, 0) is 25.8 Å². The highest BCUT2D eigenvalue weighted by molar-refractivity contribution is 14.0. The Bertz CT molecular complexity index is 782. The highest BCUT2D eigenvalue weighted by atomic mass is 127. The quantitative estimate of drug-likeness (QED) is 0.324. The number of benzene rings is 1. The van der Waals surface area contributed by atoms with Crippen LogP contribution in [0.3, 0.4) is 0 Å². The Morgan fingerprint density at radius 2 is 1.90 bits per heavy atom. The van der Waals surface area contributed by atoms with Crippen LogP contribution in [0.1, 0.15) is 25.3 Å². The van der Waals surface area contributed by atoms with E-state index in [1.807, 2.05) is 31.2 Å². The van der Waals surface area contributed by atoms with Gasteiger partial charge >= 0.3 is 15.5 Å². The number of sulfonamides is 1. The number of hydrogen-bond donors (Lipinski definition) is 2. The SMILES string of the molecule is CCNC(=NCc1ccccc1OC)NC1CCN(S(=O)(=O)C(F)(F)F)CC1.I. The van der Waals surface area contributed by atoms with E-state index in [4.69, 9.17) is 4.74 Å². The van der Waals surface area contributed by atoms with E-state index in [9.17, 15) is 21.6 Å². The first kappa shape index (κ1) is 25.8. The molecule has 1 aromatic rings. The Labute approximate surface area is 186 Å². The Morgan fingerprint density at radius 3 is 2.45 bits per heavy atom. The zero-order valence-electron chi connectivity index (χ0n) is 16.2. The first-order valence-electron chi connectivity index (χ1n) is 8.92. The van der Waals surface area contributed by atoms with Crippen LogP contribution in [0.5, 0.6) is 5.75 Å². The maximum absolute atomic E-state index is 12.7. The van der Waals surface area contributed by atoms with Gasteiger partial charge < -0.3 is 15.4 Å². The number of rotatable bonds is 6. The summed E-state index contributed by atoms with van der Waals surface area (Å²) < 4.78 is 66.8. The third-order valence-electron chi connectivity index (χ3n) is 4.37. The number of guanidine groups is 1. The second kappa shape index (κ2) is 11.2. The standard InChI is InChI=1S/C17H25F3N4O3S.HI/c1-3-21-16(22-12-13-6-4-5-7-15(13)27-2)23-14-8-10-24(11-9-14)28(25,26)17(18,19)20;/h4-7,14H,3,8-12H2,1-2H3,(H2,21,22,23);1H. The van der Waals surface area contributed by atoms with Crippen molar-refractivity contribution in [2.45, 2.75) is 37.9 Å². The summed E-state index contributed by atoms with van der Waals surface area (Å²) in [6, 6.07) is 7.30. The lowest BCUT2D eigenvalue weighted by molar-refractivity contribution is -0.0494. The highest BCUT2D eigenvalue weighted by Gasteiger charge is 2.50. The summed E-state index contributed by atoms with van der Waals surface area (Å²) in [5.41, 5.74) is -4.37. The van der Waals surface area contributed by atoms with Gasteiger partial charge in [0.2, 0.25) is 0 Å². The number of piperidine rings is 1. The Balaban J connectivity index is 0.00000420. The van der Waals surface area contributed by atoms with Gasteiger partial charge in [-0.1, -0.05) is 18.2 Å². The van der Waals surface area contributed by atoms with Gasteiger partial charge in [0.05, 0.1) is 13.7 Å². The van der Waals surface area contributed by atoms with Crippen LogP contribution in [0.2, 0.25) is 0 Å². The number of para-hydroxylation sites is 1. The molecule has 12 heteroatoms. The normalized spacial score (nSPS) is 16.8. The summed E-state index contributed by atoms with van der Waals surface area (Å²) in [7, 11) is -3.69. The molecule has 2 N–H and O–H groups in total. The van der Waals surface area contributed by atoms with Crippen molar-refractivity contribution in [1.29, 1.82) is 0 Å². The summed E-state index contributed by atoms with van der Waals surface area (Å²) in [5, 5.41) is 6.26. The minimum absolute atomic E-state index is 0. The molecule has 0 atom stereocenters. The maximum Gasteiger partial charge on any atom is 0.511 e. The van der Waals surface area contributed by atoms with Crippen LogP contribution in [-0.2, 0) is 16.6 Å². The smallest absolute Gasteiger partial charge is 0.496 e. The van der Waals surface area contributed by atoms with Gasteiger partial charge in [0.1, 0.15) is 5.75 Å². The topological polar surface area (TPSA) is 83.0 Å². The molecule has 1 aliphatic heterocycles. The number of ether oxygens (including phenoxy) is 1. The van der Waals surface area contributed by atoms with Crippen LogP contribution in [0.4, 0.5) is 13.2 Å². The van der Waals surface area contributed by atoms with Gasteiger partial charge in [0.15, 0.2) is 5.96 Å². The molecule has 1 heterocycles. The summed E-state index contributed by atoms with van der Waals surface area (Å²) in [5.74, 6) is 1.23. The van der Waals surface area contributed by atoms with Gasteiger partial charge in [0.25, 0.3) is 0 Å².